The number of aryl methyl sites for hydroxylation is 1. The van der Waals surface area contributed by atoms with E-state index < -0.39 is 0 Å². The van der Waals surface area contributed by atoms with E-state index in [4.69, 9.17) is 26.6 Å². The molecule has 168 valence electrons. The smallest absolute Gasteiger partial charge is 0.222 e. The van der Waals surface area contributed by atoms with E-state index in [1.165, 1.54) is 0 Å². The summed E-state index contributed by atoms with van der Waals surface area (Å²) in [7, 11) is 2.14. The Kier molecular flexibility index (Phi) is 5.73. The number of rotatable bonds is 5. The fourth-order valence-corrected chi connectivity index (χ4v) is 4.77. The molecule has 0 radical (unpaired) electrons. The quantitative estimate of drug-likeness (QED) is 0.591. The maximum atomic E-state index is 12.2. The van der Waals surface area contributed by atoms with Crippen LogP contribution in [0.25, 0.3) is 22.6 Å². The highest BCUT2D eigenvalue weighted by Crippen LogP contribution is 2.33. The molecule has 2 saturated heterocycles. The molecule has 0 N–H and O–H groups in total. The van der Waals surface area contributed by atoms with Crippen molar-refractivity contribution in [2.75, 3.05) is 51.2 Å². The van der Waals surface area contributed by atoms with Crippen LogP contribution in [-0.2, 0) is 11.3 Å². The van der Waals surface area contributed by atoms with Crippen molar-refractivity contribution in [2.24, 2.45) is 0 Å². The van der Waals surface area contributed by atoms with Gasteiger partial charge < -0.3 is 19.3 Å². The molecule has 1 aromatic carbocycles. The van der Waals surface area contributed by atoms with Gasteiger partial charge in [-0.05, 0) is 32.5 Å². The van der Waals surface area contributed by atoms with Gasteiger partial charge in [0.15, 0.2) is 17.0 Å². The number of benzene rings is 1. The third-order valence-corrected chi connectivity index (χ3v) is 6.70. The van der Waals surface area contributed by atoms with E-state index in [1.807, 2.05) is 36.1 Å². The number of nitrogens with zero attached hydrogens (tertiary/aromatic N) is 7. The number of piperazine rings is 1. The number of anilines is 1. The average Bonchev–Trinajstić information content (AvgIpc) is 3.35. The van der Waals surface area contributed by atoms with Crippen LogP contribution in [0, 0.1) is 6.92 Å². The number of fused-ring (bicyclic) bond motifs is 1. The van der Waals surface area contributed by atoms with E-state index in [0.29, 0.717) is 24.5 Å². The fourth-order valence-electron chi connectivity index (χ4n) is 4.55. The maximum absolute atomic E-state index is 12.2. The number of amides is 1. The number of halogens is 1. The van der Waals surface area contributed by atoms with Gasteiger partial charge in [-0.1, -0.05) is 23.7 Å². The first-order valence-electron chi connectivity index (χ1n) is 11.2. The van der Waals surface area contributed by atoms with Gasteiger partial charge in [-0.15, -0.1) is 0 Å². The van der Waals surface area contributed by atoms with Gasteiger partial charge in [-0.3, -0.25) is 4.79 Å². The van der Waals surface area contributed by atoms with Crippen molar-refractivity contribution >= 4 is 34.5 Å². The predicted octanol–water partition coefficient (Wildman–Crippen LogP) is 2.83. The summed E-state index contributed by atoms with van der Waals surface area (Å²) in [6, 6.07) is 7.74. The summed E-state index contributed by atoms with van der Waals surface area (Å²) in [5.41, 5.74) is 2.46. The number of imidazole rings is 1. The number of carbonyl (C=O) groups excluding carboxylic acids is 1. The van der Waals surface area contributed by atoms with Gasteiger partial charge >= 0.3 is 0 Å². The van der Waals surface area contributed by atoms with Crippen LogP contribution >= 0.6 is 11.6 Å². The summed E-state index contributed by atoms with van der Waals surface area (Å²) in [5, 5.41) is 0.645. The Hall–Kier alpha value is -2.71. The molecule has 3 aromatic rings. The second-order valence-corrected chi connectivity index (χ2v) is 9.02. The molecular formula is C23H28ClN7O. The van der Waals surface area contributed by atoms with Crippen molar-refractivity contribution in [3.63, 3.8) is 0 Å². The first-order chi connectivity index (χ1) is 15.5. The molecule has 0 aliphatic carbocycles. The summed E-state index contributed by atoms with van der Waals surface area (Å²) in [6.07, 6.45) is 1.56. The summed E-state index contributed by atoms with van der Waals surface area (Å²) >= 11 is 6.57. The first kappa shape index (κ1) is 21.2. The fraction of sp³-hybridized carbons (Fsp3) is 0.478. The molecule has 0 atom stereocenters. The monoisotopic (exact) mass is 453 g/mol. The third-order valence-electron chi connectivity index (χ3n) is 6.37. The minimum absolute atomic E-state index is 0.220. The molecule has 2 fully saturated rings. The Labute approximate surface area is 192 Å². The molecule has 4 heterocycles. The molecule has 0 saturated carbocycles. The third kappa shape index (κ3) is 3.93. The van der Waals surface area contributed by atoms with E-state index >= 15 is 0 Å². The van der Waals surface area contributed by atoms with E-state index in [-0.39, 0.29) is 5.91 Å². The number of aromatic nitrogens is 4. The Balaban J connectivity index is 1.62. The molecule has 1 amide bonds. The molecule has 2 aliphatic heterocycles. The van der Waals surface area contributed by atoms with Crippen LogP contribution < -0.4 is 4.90 Å². The Morgan fingerprint density at radius 2 is 1.78 bits per heavy atom. The van der Waals surface area contributed by atoms with E-state index in [0.717, 1.165) is 73.3 Å². The molecule has 0 unspecified atom stereocenters. The lowest BCUT2D eigenvalue weighted by molar-refractivity contribution is -0.127. The molecule has 32 heavy (non-hydrogen) atoms. The Bertz CT molecular complexity index is 1150. The zero-order chi connectivity index (χ0) is 22.2. The zero-order valence-corrected chi connectivity index (χ0v) is 19.3. The van der Waals surface area contributed by atoms with Crippen molar-refractivity contribution in [1.82, 2.24) is 29.3 Å². The lowest BCUT2D eigenvalue weighted by Crippen LogP contribution is -2.45. The van der Waals surface area contributed by atoms with Crippen LogP contribution in [0.5, 0.6) is 0 Å². The second kappa shape index (κ2) is 8.67. The van der Waals surface area contributed by atoms with Crippen LogP contribution in [0.15, 0.2) is 24.3 Å². The van der Waals surface area contributed by atoms with Gasteiger partial charge in [0.2, 0.25) is 5.91 Å². The van der Waals surface area contributed by atoms with E-state index in [9.17, 15) is 4.79 Å². The zero-order valence-electron chi connectivity index (χ0n) is 18.6. The second-order valence-electron chi connectivity index (χ2n) is 8.61. The standard InChI is InChI=1S/C23H28ClN7O/c1-16-25-22(30-12-10-28(2)11-13-30)20-23(26-16)31(15-14-29-9-5-8-19(29)32)21(27-20)17-6-3-4-7-18(17)24/h3-4,6-7H,5,8-15H2,1-2H3. The summed E-state index contributed by atoms with van der Waals surface area (Å²) in [4.78, 5) is 33.4. The lowest BCUT2D eigenvalue weighted by Gasteiger charge is -2.33. The van der Waals surface area contributed by atoms with Gasteiger partial charge in [-0.25, -0.2) is 15.0 Å². The number of likely N-dealkylation sites (N-methyl/N-ethyl adjacent to an activating group) is 1. The van der Waals surface area contributed by atoms with Gasteiger partial charge in [0.25, 0.3) is 0 Å². The van der Waals surface area contributed by atoms with E-state index in [2.05, 4.69) is 21.4 Å². The van der Waals surface area contributed by atoms with Crippen LogP contribution in [-0.4, -0.2) is 81.5 Å². The molecule has 9 heteroatoms. The minimum atomic E-state index is 0.220. The molecule has 8 nitrogen and oxygen atoms in total. The summed E-state index contributed by atoms with van der Waals surface area (Å²) < 4.78 is 2.11. The van der Waals surface area contributed by atoms with Crippen LogP contribution in [0.3, 0.4) is 0 Å². The highest BCUT2D eigenvalue weighted by molar-refractivity contribution is 6.33. The maximum Gasteiger partial charge on any atom is 0.222 e. The SMILES string of the molecule is Cc1nc(N2CCN(C)CC2)c2nc(-c3ccccc3Cl)n(CCN3CCCC3=O)c2n1. The number of hydrogen-bond acceptors (Lipinski definition) is 6. The van der Waals surface area contributed by atoms with Crippen LogP contribution in [0.1, 0.15) is 18.7 Å². The van der Waals surface area contributed by atoms with Crippen molar-refractivity contribution in [3.8, 4) is 11.4 Å². The summed E-state index contributed by atoms with van der Waals surface area (Å²) in [6.45, 7) is 7.76. The predicted molar refractivity (Wildman–Crippen MR) is 126 cm³/mol. The van der Waals surface area contributed by atoms with Crippen LogP contribution in [0.2, 0.25) is 5.02 Å². The molecule has 0 spiro atoms. The molecule has 2 aromatic heterocycles. The van der Waals surface area contributed by atoms with Gasteiger partial charge in [0, 0.05) is 57.8 Å². The van der Waals surface area contributed by atoms with Gasteiger partial charge in [0.05, 0.1) is 5.02 Å². The number of likely N-dealkylation sites (tertiary alicyclic amines) is 1. The summed E-state index contributed by atoms with van der Waals surface area (Å²) in [5.74, 6) is 2.59. The van der Waals surface area contributed by atoms with Crippen LogP contribution in [0.4, 0.5) is 5.82 Å². The largest absolute Gasteiger partial charge is 0.352 e. The molecule has 5 rings (SSSR count). The van der Waals surface area contributed by atoms with Gasteiger partial charge in [0.1, 0.15) is 11.6 Å². The van der Waals surface area contributed by atoms with Crippen molar-refractivity contribution in [3.05, 3.63) is 35.1 Å². The normalized spacial score (nSPS) is 17.7. The average molecular weight is 454 g/mol. The molecular weight excluding hydrogens is 426 g/mol. The lowest BCUT2D eigenvalue weighted by atomic mass is 10.2. The highest BCUT2D eigenvalue weighted by Gasteiger charge is 2.26. The minimum Gasteiger partial charge on any atom is -0.352 e. The van der Waals surface area contributed by atoms with Crippen molar-refractivity contribution in [2.45, 2.75) is 26.3 Å². The van der Waals surface area contributed by atoms with Crippen molar-refractivity contribution < 1.29 is 4.79 Å². The van der Waals surface area contributed by atoms with Crippen molar-refractivity contribution in [1.29, 1.82) is 0 Å². The first-order valence-corrected chi connectivity index (χ1v) is 11.6. The number of carbonyl (C=O) groups is 1. The molecule has 0 bridgehead atoms. The molecule has 2 aliphatic rings. The Morgan fingerprint density at radius 1 is 1.00 bits per heavy atom. The topological polar surface area (TPSA) is 70.4 Å². The number of hydrogen-bond donors (Lipinski definition) is 0. The Morgan fingerprint density at radius 3 is 2.50 bits per heavy atom. The highest BCUT2D eigenvalue weighted by atomic mass is 35.5. The van der Waals surface area contributed by atoms with E-state index in [1.54, 1.807) is 0 Å². The van der Waals surface area contributed by atoms with Gasteiger partial charge in [-0.2, -0.15) is 0 Å².